The van der Waals surface area contributed by atoms with Gasteiger partial charge >= 0.3 is 0 Å². The summed E-state index contributed by atoms with van der Waals surface area (Å²) in [7, 11) is -2.15. The van der Waals surface area contributed by atoms with Crippen molar-refractivity contribution in [2.24, 2.45) is 0 Å². The summed E-state index contributed by atoms with van der Waals surface area (Å²) in [6, 6.07) is 22.6. The van der Waals surface area contributed by atoms with Crippen LogP contribution >= 0.6 is 11.3 Å². The Bertz CT molecular complexity index is 1610. The third-order valence-corrected chi connectivity index (χ3v) is 8.75. The zero-order chi connectivity index (χ0) is 24.4. The van der Waals surface area contributed by atoms with E-state index >= 15 is 0 Å². The molecule has 0 saturated heterocycles. The quantitative estimate of drug-likeness (QED) is 0.297. The first-order valence-electron chi connectivity index (χ1n) is 10.8. The summed E-state index contributed by atoms with van der Waals surface area (Å²) < 4.78 is 43.0. The molecule has 0 aliphatic carbocycles. The minimum absolute atomic E-state index is 0.00724. The Kier molecular flexibility index (Phi) is 6.19. The number of nitrogens with zero attached hydrogens (tertiary/aromatic N) is 3. The van der Waals surface area contributed by atoms with Gasteiger partial charge in [0.2, 0.25) is 0 Å². The molecule has 35 heavy (non-hydrogen) atoms. The zero-order valence-electron chi connectivity index (χ0n) is 18.7. The number of hydrogen-bond donors (Lipinski definition) is 1. The topological polar surface area (TPSA) is 75.2 Å². The van der Waals surface area contributed by atoms with Crippen LogP contribution in [0.2, 0.25) is 0 Å². The Hall–Kier alpha value is -3.82. The van der Waals surface area contributed by atoms with Crippen LogP contribution in [-0.2, 0) is 16.6 Å². The number of para-hydroxylation sites is 1. The van der Waals surface area contributed by atoms with Crippen molar-refractivity contribution in [2.45, 2.75) is 10.8 Å². The SMILES string of the molecule is CNc1ncnc2ccc(-c3cccc(CN(c4ccccc4F)S(=O)(=O)c4cccs4)c3)cc12. The van der Waals surface area contributed by atoms with E-state index in [9.17, 15) is 12.8 Å². The molecule has 5 rings (SSSR count). The highest BCUT2D eigenvalue weighted by Crippen LogP contribution is 2.32. The van der Waals surface area contributed by atoms with Crippen LogP contribution < -0.4 is 9.62 Å². The van der Waals surface area contributed by atoms with Crippen LogP contribution in [-0.4, -0.2) is 25.4 Å². The van der Waals surface area contributed by atoms with Gasteiger partial charge in [-0.05, 0) is 58.5 Å². The molecule has 0 spiro atoms. The van der Waals surface area contributed by atoms with Gasteiger partial charge in [-0.2, -0.15) is 0 Å². The number of hydrogen-bond acceptors (Lipinski definition) is 6. The van der Waals surface area contributed by atoms with Crippen molar-refractivity contribution in [1.29, 1.82) is 0 Å². The molecular formula is C26H21FN4O2S2. The first-order chi connectivity index (χ1) is 17.0. The molecule has 0 atom stereocenters. The van der Waals surface area contributed by atoms with Crippen molar-refractivity contribution in [3.8, 4) is 11.1 Å². The minimum atomic E-state index is -3.96. The lowest BCUT2D eigenvalue weighted by atomic mass is 10.0. The number of thiophene rings is 1. The molecule has 0 bridgehead atoms. The van der Waals surface area contributed by atoms with Crippen LogP contribution in [0.25, 0.3) is 22.0 Å². The smallest absolute Gasteiger partial charge is 0.274 e. The summed E-state index contributed by atoms with van der Waals surface area (Å²) in [6.45, 7) is -0.0204. The molecule has 2 aromatic heterocycles. The Morgan fingerprint density at radius 1 is 0.943 bits per heavy atom. The molecule has 0 radical (unpaired) electrons. The highest BCUT2D eigenvalue weighted by atomic mass is 32.2. The third kappa shape index (κ3) is 4.48. The van der Waals surface area contributed by atoms with E-state index in [1.165, 1.54) is 30.6 Å². The summed E-state index contributed by atoms with van der Waals surface area (Å²) in [4.78, 5) is 8.60. The molecule has 9 heteroatoms. The van der Waals surface area contributed by atoms with Crippen LogP contribution in [0.4, 0.5) is 15.9 Å². The predicted molar refractivity (Wildman–Crippen MR) is 139 cm³/mol. The van der Waals surface area contributed by atoms with E-state index in [0.29, 0.717) is 0 Å². The molecule has 0 saturated carbocycles. The van der Waals surface area contributed by atoms with Crippen molar-refractivity contribution >= 4 is 43.8 Å². The van der Waals surface area contributed by atoms with Gasteiger partial charge in [-0.25, -0.2) is 22.8 Å². The number of halogens is 1. The van der Waals surface area contributed by atoms with E-state index in [0.717, 1.165) is 49.1 Å². The average Bonchev–Trinajstić information content (AvgIpc) is 3.43. The molecule has 5 aromatic rings. The monoisotopic (exact) mass is 504 g/mol. The van der Waals surface area contributed by atoms with Crippen molar-refractivity contribution in [1.82, 2.24) is 9.97 Å². The molecule has 0 fully saturated rings. The van der Waals surface area contributed by atoms with E-state index < -0.39 is 15.8 Å². The number of anilines is 2. The fourth-order valence-electron chi connectivity index (χ4n) is 3.92. The zero-order valence-corrected chi connectivity index (χ0v) is 20.4. The van der Waals surface area contributed by atoms with E-state index in [1.807, 2.05) is 42.5 Å². The molecule has 1 N–H and O–H groups in total. The Morgan fingerprint density at radius 3 is 2.54 bits per heavy atom. The van der Waals surface area contributed by atoms with Crippen molar-refractivity contribution in [3.63, 3.8) is 0 Å². The van der Waals surface area contributed by atoms with Gasteiger partial charge in [0.15, 0.2) is 0 Å². The minimum Gasteiger partial charge on any atom is -0.373 e. The van der Waals surface area contributed by atoms with Crippen LogP contribution in [0.3, 0.4) is 0 Å². The summed E-state index contributed by atoms with van der Waals surface area (Å²) in [5.74, 6) is 0.124. The maximum Gasteiger partial charge on any atom is 0.274 e. The summed E-state index contributed by atoms with van der Waals surface area (Å²) in [5.41, 5.74) is 3.38. The standard InChI is InChI=1S/C26H21FN4O2S2/c1-28-26-21-15-20(11-12-23(21)29-17-30-26)19-7-4-6-18(14-19)16-31(24-9-3-2-8-22(24)27)35(32,33)25-10-5-13-34-25/h2-15,17H,16H2,1H3,(H,28,29,30). The normalized spacial score (nSPS) is 11.5. The van der Waals surface area contributed by atoms with Crippen LogP contribution in [0.1, 0.15) is 5.56 Å². The lowest BCUT2D eigenvalue weighted by Gasteiger charge is -2.24. The van der Waals surface area contributed by atoms with E-state index in [2.05, 4.69) is 15.3 Å². The van der Waals surface area contributed by atoms with Gasteiger partial charge < -0.3 is 5.32 Å². The number of nitrogens with one attached hydrogen (secondary N) is 1. The number of aromatic nitrogens is 2. The predicted octanol–water partition coefficient (Wildman–Crippen LogP) is 5.93. The molecule has 176 valence electrons. The van der Waals surface area contributed by atoms with Crippen molar-refractivity contribution in [2.75, 3.05) is 16.7 Å². The molecular weight excluding hydrogens is 483 g/mol. The highest BCUT2D eigenvalue weighted by Gasteiger charge is 2.28. The molecule has 2 heterocycles. The van der Waals surface area contributed by atoms with Crippen LogP contribution in [0.5, 0.6) is 0 Å². The summed E-state index contributed by atoms with van der Waals surface area (Å²) >= 11 is 1.10. The van der Waals surface area contributed by atoms with Gasteiger partial charge in [-0.15, -0.1) is 11.3 Å². The Balaban J connectivity index is 1.56. The molecule has 6 nitrogen and oxygen atoms in total. The van der Waals surface area contributed by atoms with Gasteiger partial charge in [-0.3, -0.25) is 4.31 Å². The molecule has 0 unspecified atom stereocenters. The van der Waals surface area contributed by atoms with E-state index in [4.69, 9.17) is 0 Å². The van der Waals surface area contributed by atoms with Crippen LogP contribution in [0.15, 0.2) is 94.8 Å². The van der Waals surface area contributed by atoms with Crippen molar-refractivity contribution in [3.05, 3.63) is 102 Å². The highest BCUT2D eigenvalue weighted by molar-refractivity contribution is 7.94. The lowest BCUT2D eigenvalue weighted by Crippen LogP contribution is -2.30. The average molecular weight is 505 g/mol. The second kappa shape index (κ2) is 9.44. The number of benzene rings is 3. The second-order valence-corrected chi connectivity index (χ2v) is 10.8. The second-order valence-electron chi connectivity index (χ2n) is 7.80. The van der Waals surface area contributed by atoms with Gasteiger partial charge in [-0.1, -0.05) is 42.5 Å². The molecule has 0 aliphatic rings. The lowest BCUT2D eigenvalue weighted by molar-refractivity contribution is 0.586. The fourth-order valence-corrected chi connectivity index (χ4v) is 6.49. The Morgan fingerprint density at radius 2 is 1.77 bits per heavy atom. The first kappa shape index (κ1) is 22.9. The first-order valence-corrected chi connectivity index (χ1v) is 13.1. The van der Waals surface area contributed by atoms with E-state index in [1.54, 1.807) is 24.6 Å². The fraction of sp³-hybridized carbons (Fsp3) is 0.0769. The van der Waals surface area contributed by atoms with E-state index in [-0.39, 0.29) is 16.4 Å². The third-order valence-electron chi connectivity index (χ3n) is 5.62. The number of rotatable bonds is 7. The van der Waals surface area contributed by atoms with Gasteiger partial charge in [0.1, 0.15) is 22.2 Å². The summed E-state index contributed by atoms with van der Waals surface area (Å²) in [5, 5.41) is 5.65. The number of sulfonamides is 1. The largest absolute Gasteiger partial charge is 0.373 e. The number of fused-ring (bicyclic) bond motifs is 1. The van der Waals surface area contributed by atoms with Gasteiger partial charge in [0, 0.05) is 12.4 Å². The van der Waals surface area contributed by atoms with Gasteiger partial charge in [0.05, 0.1) is 17.7 Å². The maximum absolute atomic E-state index is 14.8. The summed E-state index contributed by atoms with van der Waals surface area (Å²) in [6.07, 6.45) is 1.51. The van der Waals surface area contributed by atoms with Gasteiger partial charge in [0.25, 0.3) is 10.0 Å². The molecule has 3 aromatic carbocycles. The Labute approximate surface area is 206 Å². The molecule has 0 amide bonds. The van der Waals surface area contributed by atoms with Crippen molar-refractivity contribution < 1.29 is 12.8 Å². The van der Waals surface area contributed by atoms with Crippen LogP contribution in [0, 0.1) is 5.82 Å². The maximum atomic E-state index is 14.8. The molecule has 0 aliphatic heterocycles.